The predicted molar refractivity (Wildman–Crippen MR) is 97.8 cm³/mol. The first-order chi connectivity index (χ1) is 12.6. The van der Waals surface area contributed by atoms with Gasteiger partial charge in [-0.2, -0.15) is 4.80 Å². The summed E-state index contributed by atoms with van der Waals surface area (Å²) in [6.45, 7) is 2.13. The van der Waals surface area contributed by atoms with Crippen molar-refractivity contribution in [2.24, 2.45) is 0 Å². The van der Waals surface area contributed by atoms with Crippen molar-refractivity contribution in [3.8, 4) is 17.1 Å². The highest BCUT2D eigenvalue weighted by Gasteiger charge is 2.18. The van der Waals surface area contributed by atoms with Gasteiger partial charge < -0.3 is 10.1 Å². The standard InChI is InChI=1S/C18H18ClN5O2/c1-12(18(25)20-11-13-3-9-16(26-2)10-4-13)24-22-17(21-23-24)14-5-7-15(19)8-6-14/h3-10,12H,11H2,1-2H3,(H,20,25)/t12-/m1/s1. The quantitative estimate of drug-likeness (QED) is 0.720. The van der Waals surface area contributed by atoms with E-state index in [1.165, 1.54) is 4.80 Å². The number of nitrogens with one attached hydrogen (secondary N) is 1. The second kappa shape index (κ2) is 7.97. The van der Waals surface area contributed by atoms with Crippen LogP contribution in [0, 0.1) is 0 Å². The largest absolute Gasteiger partial charge is 0.497 e. The summed E-state index contributed by atoms with van der Waals surface area (Å²) in [6.07, 6.45) is 0. The molecule has 7 nitrogen and oxygen atoms in total. The highest BCUT2D eigenvalue weighted by Crippen LogP contribution is 2.18. The smallest absolute Gasteiger partial charge is 0.246 e. The maximum atomic E-state index is 12.3. The zero-order valence-corrected chi connectivity index (χ0v) is 15.1. The van der Waals surface area contributed by atoms with E-state index in [1.807, 2.05) is 24.3 Å². The average molecular weight is 372 g/mol. The molecule has 1 atom stereocenters. The van der Waals surface area contributed by atoms with Crippen LogP contribution >= 0.6 is 11.6 Å². The van der Waals surface area contributed by atoms with Gasteiger partial charge in [0.1, 0.15) is 11.8 Å². The van der Waals surface area contributed by atoms with Gasteiger partial charge in [0.15, 0.2) is 0 Å². The number of hydrogen-bond donors (Lipinski definition) is 1. The van der Waals surface area contributed by atoms with Gasteiger partial charge in [-0.15, -0.1) is 10.2 Å². The zero-order chi connectivity index (χ0) is 18.5. The molecule has 1 heterocycles. The predicted octanol–water partition coefficient (Wildman–Crippen LogP) is 2.88. The van der Waals surface area contributed by atoms with E-state index in [2.05, 4.69) is 20.7 Å². The van der Waals surface area contributed by atoms with Crippen LogP contribution in [-0.2, 0) is 11.3 Å². The topological polar surface area (TPSA) is 81.9 Å². The Kier molecular flexibility index (Phi) is 5.48. The molecular weight excluding hydrogens is 354 g/mol. The van der Waals surface area contributed by atoms with Crippen LogP contribution in [0.1, 0.15) is 18.5 Å². The molecule has 1 amide bonds. The van der Waals surface area contributed by atoms with Crippen molar-refractivity contribution in [2.45, 2.75) is 19.5 Å². The van der Waals surface area contributed by atoms with E-state index in [4.69, 9.17) is 16.3 Å². The second-order valence-corrected chi connectivity index (χ2v) is 6.12. The van der Waals surface area contributed by atoms with E-state index in [0.29, 0.717) is 17.4 Å². The lowest BCUT2D eigenvalue weighted by Crippen LogP contribution is -2.31. The van der Waals surface area contributed by atoms with Crippen LogP contribution in [0.4, 0.5) is 0 Å². The third-order valence-electron chi connectivity index (χ3n) is 3.88. The van der Waals surface area contributed by atoms with Crippen LogP contribution in [0.2, 0.25) is 5.02 Å². The van der Waals surface area contributed by atoms with E-state index in [-0.39, 0.29) is 5.91 Å². The Morgan fingerprint density at radius 3 is 2.54 bits per heavy atom. The maximum Gasteiger partial charge on any atom is 0.246 e. The number of tetrazole rings is 1. The van der Waals surface area contributed by atoms with Crippen LogP contribution in [0.25, 0.3) is 11.4 Å². The van der Waals surface area contributed by atoms with Crippen molar-refractivity contribution in [3.05, 3.63) is 59.1 Å². The number of amides is 1. The molecule has 3 aromatic rings. The molecule has 0 unspecified atom stereocenters. The van der Waals surface area contributed by atoms with Gasteiger partial charge >= 0.3 is 0 Å². The van der Waals surface area contributed by atoms with E-state index < -0.39 is 6.04 Å². The maximum absolute atomic E-state index is 12.3. The average Bonchev–Trinajstić information content (AvgIpc) is 3.16. The molecule has 0 fully saturated rings. The van der Waals surface area contributed by atoms with Crippen molar-refractivity contribution in [2.75, 3.05) is 7.11 Å². The first-order valence-corrected chi connectivity index (χ1v) is 8.40. The van der Waals surface area contributed by atoms with Crippen LogP contribution in [-0.4, -0.2) is 33.2 Å². The monoisotopic (exact) mass is 371 g/mol. The number of rotatable bonds is 6. The molecule has 1 aromatic heterocycles. The molecule has 0 radical (unpaired) electrons. The lowest BCUT2D eigenvalue weighted by molar-refractivity contribution is -0.124. The summed E-state index contributed by atoms with van der Waals surface area (Å²) in [5.41, 5.74) is 1.76. The molecule has 2 aromatic carbocycles. The van der Waals surface area contributed by atoms with Crippen LogP contribution < -0.4 is 10.1 Å². The van der Waals surface area contributed by atoms with Gasteiger partial charge in [0.05, 0.1) is 7.11 Å². The van der Waals surface area contributed by atoms with Gasteiger partial charge in [-0.1, -0.05) is 23.7 Å². The second-order valence-electron chi connectivity index (χ2n) is 5.68. The van der Waals surface area contributed by atoms with Gasteiger partial charge in [-0.3, -0.25) is 4.79 Å². The Hall–Kier alpha value is -2.93. The number of ether oxygens (including phenoxy) is 1. The van der Waals surface area contributed by atoms with E-state index in [1.54, 1.807) is 38.3 Å². The Balaban J connectivity index is 1.62. The Morgan fingerprint density at radius 1 is 1.19 bits per heavy atom. The molecule has 134 valence electrons. The first-order valence-electron chi connectivity index (χ1n) is 8.03. The summed E-state index contributed by atoms with van der Waals surface area (Å²) in [7, 11) is 1.61. The number of hydrogen-bond acceptors (Lipinski definition) is 5. The summed E-state index contributed by atoms with van der Waals surface area (Å²) >= 11 is 5.88. The van der Waals surface area contributed by atoms with E-state index >= 15 is 0 Å². The summed E-state index contributed by atoms with van der Waals surface area (Å²) in [5, 5.41) is 15.8. The summed E-state index contributed by atoms with van der Waals surface area (Å²) < 4.78 is 5.11. The lowest BCUT2D eigenvalue weighted by atomic mass is 10.2. The Labute approximate surface area is 155 Å². The molecule has 0 aliphatic heterocycles. The number of aromatic nitrogens is 4. The van der Waals surface area contributed by atoms with Gasteiger partial charge in [0, 0.05) is 17.1 Å². The van der Waals surface area contributed by atoms with Crippen molar-refractivity contribution < 1.29 is 9.53 Å². The molecule has 0 saturated carbocycles. The summed E-state index contributed by atoms with van der Waals surface area (Å²) in [5.74, 6) is 1.02. The fraction of sp³-hybridized carbons (Fsp3) is 0.222. The minimum atomic E-state index is -0.582. The lowest BCUT2D eigenvalue weighted by Gasteiger charge is -2.11. The molecule has 8 heteroatoms. The summed E-state index contributed by atoms with van der Waals surface area (Å²) in [4.78, 5) is 13.6. The molecule has 3 rings (SSSR count). The number of carbonyl (C=O) groups is 1. The Morgan fingerprint density at radius 2 is 1.88 bits per heavy atom. The minimum Gasteiger partial charge on any atom is -0.497 e. The fourth-order valence-corrected chi connectivity index (χ4v) is 2.41. The van der Waals surface area contributed by atoms with Crippen molar-refractivity contribution in [3.63, 3.8) is 0 Å². The van der Waals surface area contributed by atoms with Crippen LogP contribution in [0.3, 0.4) is 0 Å². The fourth-order valence-electron chi connectivity index (χ4n) is 2.29. The molecule has 1 N–H and O–H groups in total. The van der Waals surface area contributed by atoms with E-state index in [0.717, 1.165) is 16.9 Å². The number of carbonyl (C=O) groups excluding carboxylic acids is 1. The highest BCUT2D eigenvalue weighted by atomic mass is 35.5. The Bertz CT molecular complexity index is 877. The van der Waals surface area contributed by atoms with Crippen LogP contribution in [0.5, 0.6) is 5.75 Å². The van der Waals surface area contributed by atoms with Crippen molar-refractivity contribution in [1.82, 2.24) is 25.5 Å². The number of halogens is 1. The third-order valence-corrected chi connectivity index (χ3v) is 4.13. The number of nitrogens with zero attached hydrogens (tertiary/aromatic N) is 4. The van der Waals surface area contributed by atoms with Crippen LogP contribution in [0.15, 0.2) is 48.5 Å². The minimum absolute atomic E-state index is 0.194. The normalized spacial score (nSPS) is 11.8. The molecule has 0 saturated heterocycles. The molecule has 0 aliphatic carbocycles. The third kappa shape index (κ3) is 4.18. The number of methoxy groups -OCH3 is 1. The van der Waals surface area contributed by atoms with Crippen molar-refractivity contribution in [1.29, 1.82) is 0 Å². The number of benzene rings is 2. The molecule has 26 heavy (non-hydrogen) atoms. The molecule has 0 aliphatic rings. The van der Waals surface area contributed by atoms with Gasteiger partial charge in [0.2, 0.25) is 11.7 Å². The SMILES string of the molecule is COc1ccc(CNC(=O)[C@@H](C)n2nnc(-c3ccc(Cl)cc3)n2)cc1. The molecule has 0 bridgehead atoms. The van der Waals surface area contributed by atoms with Gasteiger partial charge in [-0.25, -0.2) is 0 Å². The van der Waals surface area contributed by atoms with Gasteiger partial charge in [0.25, 0.3) is 0 Å². The summed E-state index contributed by atoms with van der Waals surface area (Å²) in [6, 6.07) is 14.0. The molecule has 0 spiro atoms. The van der Waals surface area contributed by atoms with Crippen molar-refractivity contribution >= 4 is 17.5 Å². The van der Waals surface area contributed by atoms with E-state index in [9.17, 15) is 4.79 Å². The highest BCUT2D eigenvalue weighted by molar-refractivity contribution is 6.30. The van der Waals surface area contributed by atoms with Gasteiger partial charge in [-0.05, 0) is 54.1 Å². The zero-order valence-electron chi connectivity index (χ0n) is 14.4. The molecular formula is C18H18ClN5O2. The first kappa shape index (κ1) is 17.9.